The SMILES string of the molecule is CCNCC1CCN(C(=O)C(CC)Oc2cccc(C)c2)CC1.Cl. The van der Waals surface area contributed by atoms with Gasteiger partial charge in [0.15, 0.2) is 6.10 Å². The predicted octanol–water partition coefficient (Wildman–Crippen LogP) is 3.42. The van der Waals surface area contributed by atoms with Crippen molar-refractivity contribution < 1.29 is 9.53 Å². The van der Waals surface area contributed by atoms with Crippen molar-refractivity contribution in [2.24, 2.45) is 5.92 Å². The number of hydrogen-bond acceptors (Lipinski definition) is 3. The van der Waals surface area contributed by atoms with Crippen molar-refractivity contribution in [3.8, 4) is 5.75 Å². The summed E-state index contributed by atoms with van der Waals surface area (Å²) in [5.74, 6) is 1.61. The summed E-state index contributed by atoms with van der Waals surface area (Å²) >= 11 is 0. The topological polar surface area (TPSA) is 41.6 Å². The Morgan fingerprint density at radius 2 is 2.04 bits per heavy atom. The predicted molar refractivity (Wildman–Crippen MR) is 101 cm³/mol. The summed E-state index contributed by atoms with van der Waals surface area (Å²) in [5, 5.41) is 3.41. The van der Waals surface area contributed by atoms with Crippen molar-refractivity contribution in [3.05, 3.63) is 29.8 Å². The first-order valence-electron chi connectivity index (χ1n) is 8.86. The molecule has 0 radical (unpaired) electrons. The number of nitrogens with one attached hydrogen (secondary N) is 1. The highest BCUT2D eigenvalue weighted by atomic mass is 35.5. The van der Waals surface area contributed by atoms with E-state index in [0.29, 0.717) is 12.3 Å². The number of halogens is 1. The van der Waals surface area contributed by atoms with Gasteiger partial charge in [0.25, 0.3) is 5.91 Å². The van der Waals surface area contributed by atoms with E-state index < -0.39 is 0 Å². The number of benzene rings is 1. The van der Waals surface area contributed by atoms with Crippen molar-refractivity contribution in [2.45, 2.75) is 46.1 Å². The van der Waals surface area contributed by atoms with Crippen molar-refractivity contribution in [2.75, 3.05) is 26.2 Å². The highest BCUT2D eigenvalue weighted by Gasteiger charge is 2.28. The molecule has 1 heterocycles. The summed E-state index contributed by atoms with van der Waals surface area (Å²) in [7, 11) is 0. The first-order chi connectivity index (χ1) is 11.1. The molecule has 0 spiro atoms. The van der Waals surface area contributed by atoms with E-state index in [-0.39, 0.29) is 24.4 Å². The third kappa shape index (κ3) is 5.99. The molecule has 1 aliphatic heterocycles. The molecule has 1 aromatic rings. The van der Waals surface area contributed by atoms with E-state index in [0.717, 1.165) is 50.3 Å². The summed E-state index contributed by atoms with van der Waals surface area (Å²) in [6.45, 7) is 9.95. The van der Waals surface area contributed by atoms with Crippen LogP contribution in [0.1, 0.15) is 38.7 Å². The number of nitrogens with zero attached hydrogens (tertiary/aromatic N) is 1. The molecule has 0 aromatic heterocycles. The van der Waals surface area contributed by atoms with Crippen LogP contribution in [-0.4, -0.2) is 43.1 Å². The molecule has 2 rings (SSSR count). The number of ether oxygens (including phenoxy) is 1. The van der Waals surface area contributed by atoms with E-state index in [9.17, 15) is 4.79 Å². The van der Waals surface area contributed by atoms with Crippen molar-refractivity contribution >= 4 is 18.3 Å². The van der Waals surface area contributed by atoms with Crippen LogP contribution in [0.15, 0.2) is 24.3 Å². The van der Waals surface area contributed by atoms with Crippen LogP contribution >= 0.6 is 12.4 Å². The van der Waals surface area contributed by atoms with E-state index in [2.05, 4.69) is 12.2 Å². The molecule has 1 unspecified atom stereocenters. The van der Waals surface area contributed by atoms with Gasteiger partial charge in [0, 0.05) is 13.1 Å². The lowest BCUT2D eigenvalue weighted by atomic mass is 9.96. The number of hydrogen-bond donors (Lipinski definition) is 1. The molecule has 0 saturated carbocycles. The zero-order valence-corrected chi connectivity index (χ0v) is 15.9. The van der Waals surface area contributed by atoms with Crippen molar-refractivity contribution in [1.29, 1.82) is 0 Å². The maximum Gasteiger partial charge on any atom is 0.263 e. The summed E-state index contributed by atoms with van der Waals surface area (Å²) in [6.07, 6.45) is 2.49. The molecule has 0 aliphatic carbocycles. The van der Waals surface area contributed by atoms with Gasteiger partial charge in [0.2, 0.25) is 0 Å². The standard InChI is InChI=1S/C19H30N2O2.ClH/c1-4-18(23-17-8-6-7-15(3)13-17)19(22)21-11-9-16(10-12-21)14-20-5-2;/h6-8,13,16,18,20H,4-5,9-12,14H2,1-3H3;1H. The summed E-state index contributed by atoms with van der Waals surface area (Å²) in [5.41, 5.74) is 1.15. The third-order valence-electron chi connectivity index (χ3n) is 4.52. The van der Waals surface area contributed by atoms with Crippen LogP contribution in [0.25, 0.3) is 0 Å². The van der Waals surface area contributed by atoms with Gasteiger partial charge in [-0.05, 0) is 62.9 Å². The molecule has 1 N–H and O–H groups in total. The largest absolute Gasteiger partial charge is 0.481 e. The van der Waals surface area contributed by atoms with Crippen LogP contribution < -0.4 is 10.1 Å². The first-order valence-corrected chi connectivity index (χ1v) is 8.86. The van der Waals surface area contributed by atoms with E-state index in [1.165, 1.54) is 0 Å². The maximum absolute atomic E-state index is 12.7. The molecule has 1 aliphatic rings. The smallest absolute Gasteiger partial charge is 0.263 e. The number of piperidine rings is 1. The van der Waals surface area contributed by atoms with Gasteiger partial charge in [-0.15, -0.1) is 12.4 Å². The number of amides is 1. The van der Waals surface area contributed by atoms with Crippen LogP contribution in [0.2, 0.25) is 0 Å². The van der Waals surface area contributed by atoms with Gasteiger partial charge in [0.1, 0.15) is 5.75 Å². The Morgan fingerprint density at radius 3 is 2.62 bits per heavy atom. The minimum Gasteiger partial charge on any atom is -0.481 e. The van der Waals surface area contributed by atoms with Crippen molar-refractivity contribution in [1.82, 2.24) is 10.2 Å². The number of rotatable bonds is 7. The Morgan fingerprint density at radius 1 is 1.33 bits per heavy atom. The fourth-order valence-electron chi connectivity index (χ4n) is 3.07. The Balaban J connectivity index is 0.00000288. The zero-order chi connectivity index (χ0) is 16.7. The molecule has 1 amide bonds. The zero-order valence-electron chi connectivity index (χ0n) is 15.1. The second kappa shape index (κ2) is 10.6. The van der Waals surface area contributed by atoms with Crippen LogP contribution in [0.4, 0.5) is 0 Å². The minimum atomic E-state index is -0.373. The quantitative estimate of drug-likeness (QED) is 0.815. The fraction of sp³-hybridized carbons (Fsp3) is 0.632. The number of carbonyl (C=O) groups excluding carboxylic acids is 1. The van der Waals surface area contributed by atoms with Gasteiger partial charge in [-0.3, -0.25) is 4.79 Å². The van der Waals surface area contributed by atoms with Gasteiger partial charge in [-0.25, -0.2) is 0 Å². The molecular weight excluding hydrogens is 324 g/mol. The lowest BCUT2D eigenvalue weighted by molar-refractivity contribution is -0.140. The van der Waals surface area contributed by atoms with E-state index >= 15 is 0 Å². The molecule has 4 nitrogen and oxygen atoms in total. The Kier molecular flexibility index (Phi) is 9.16. The summed E-state index contributed by atoms with van der Waals surface area (Å²) in [4.78, 5) is 14.7. The van der Waals surface area contributed by atoms with Crippen LogP contribution in [0.3, 0.4) is 0 Å². The van der Waals surface area contributed by atoms with Crippen LogP contribution in [-0.2, 0) is 4.79 Å². The van der Waals surface area contributed by atoms with Crippen LogP contribution in [0, 0.1) is 12.8 Å². The number of aryl methyl sites for hydroxylation is 1. The average Bonchev–Trinajstić information content (AvgIpc) is 2.58. The van der Waals surface area contributed by atoms with Gasteiger partial charge in [0.05, 0.1) is 0 Å². The van der Waals surface area contributed by atoms with Gasteiger partial charge in [-0.1, -0.05) is 26.0 Å². The van der Waals surface area contributed by atoms with E-state index in [1.807, 2.05) is 43.0 Å². The first kappa shape index (κ1) is 20.8. The second-order valence-electron chi connectivity index (χ2n) is 6.41. The van der Waals surface area contributed by atoms with Gasteiger partial charge in [-0.2, -0.15) is 0 Å². The summed E-state index contributed by atoms with van der Waals surface area (Å²) < 4.78 is 5.95. The lowest BCUT2D eigenvalue weighted by Gasteiger charge is -2.34. The highest BCUT2D eigenvalue weighted by molar-refractivity contribution is 5.85. The molecule has 1 atom stereocenters. The molecule has 1 fully saturated rings. The lowest BCUT2D eigenvalue weighted by Crippen LogP contribution is -2.46. The van der Waals surface area contributed by atoms with E-state index in [1.54, 1.807) is 0 Å². The number of likely N-dealkylation sites (tertiary alicyclic amines) is 1. The molecule has 24 heavy (non-hydrogen) atoms. The molecule has 1 saturated heterocycles. The Labute approximate surface area is 152 Å². The normalized spacial score (nSPS) is 16.4. The molecule has 136 valence electrons. The molecule has 0 bridgehead atoms. The highest BCUT2D eigenvalue weighted by Crippen LogP contribution is 2.20. The Hall–Kier alpha value is -1.26. The average molecular weight is 355 g/mol. The fourth-order valence-corrected chi connectivity index (χ4v) is 3.07. The summed E-state index contributed by atoms with van der Waals surface area (Å²) in [6, 6.07) is 7.91. The second-order valence-corrected chi connectivity index (χ2v) is 6.41. The molecular formula is C19H31ClN2O2. The van der Waals surface area contributed by atoms with Crippen LogP contribution in [0.5, 0.6) is 5.75 Å². The minimum absolute atomic E-state index is 0. The van der Waals surface area contributed by atoms with Crippen molar-refractivity contribution in [3.63, 3.8) is 0 Å². The van der Waals surface area contributed by atoms with Gasteiger partial charge < -0.3 is 15.0 Å². The monoisotopic (exact) mass is 354 g/mol. The van der Waals surface area contributed by atoms with Gasteiger partial charge >= 0.3 is 0 Å². The Bertz CT molecular complexity index is 502. The molecule has 1 aromatic carbocycles. The van der Waals surface area contributed by atoms with E-state index in [4.69, 9.17) is 4.74 Å². The third-order valence-corrected chi connectivity index (χ3v) is 4.52. The molecule has 5 heteroatoms. The number of carbonyl (C=O) groups is 1. The maximum atomic E-state index is 12.7.